The summed E-state index contributed by atoms with van der Waals surface area (Å²) in [5, 5.41) is 8.67. The smallest absolute Gasteiger partial charge is 0.326 e. The fraction of sp³-hybridized carbons (Fsp3) is 0.375. The van der Waals surface area contributed by atoms with Gasteiger partial charge < -0.3 is 15.7 Å². The quantitative estimate of drug-likeness (QED) is 0.685. The van der Waals surface area contributed by atoms with Gasteiger partial charge in [-0.3, -0.25) is 4.79 Å². The van der Waals surface area contributed by atoms with Crippen LogP contribution in [0.1, 0.15) is 11.7 Å². The summed E-state index contributed by atoms with van der Waals surface area (Å²) in [6.45, 7) is 0. The van der Waals surface area contributed by atoms with Crippen LogP contribution in [0.15, 0.2) is 12.3 Å². The van der Waals surface area contributed by atoms with E-state index in [0.29, 0.717) is 11.6 Å². The van der Waals surface area contributed by atoms with E-state index in [1.807, 2.05) is 0 Å². The number of anilines is 1. The Kier molecular flexibility index (Phi) is 2.98. The summed E-state index contributed by atoms with van der Waals surface area (Å²) in [5.74, 6) is -0.660. The normalized spacial score (nSPS) is 12.2. The van der Waals surface area contributed by atoms with Gasteiger partial charge in [-0.05, 0) is 6.07 Å². The molecule has 76 valence electrons. The van der Waals surface area contributed by atoms with Crippen molar-refractivity contribution in [2.45, 2.75) is 6.04 Å². The van der Waals surface area contributed by atoms with E-state index in [4.69, 9.17) is 10.8 Å². The number of hydrogen-bond donors (Lipinski definition) is 2. The molecule has 14 heavy (non-hydrogen) atoms. The first-order chi connectivity index (χ1) is 6.52. The first-order valence-corrected chi connectivity index (χ1v) is 4.01. The molecule has 1 atom stereocenters. The van der Waals surface area contributed by atoms with Crippen LogP contribution >= 0.6 is 0 Å². The van der Waals surface area contributed by atoms with Gasteiger partial charge in [-0.25, -0.2) is 9.97 Å². The highest BCUT2D eigenvalue weighted by atomic mass is 16.4. The van der Waals surface area contributed by atoms with E-state index in [2.05, 4.69) is 9.97 Å². The van der Waals surface area contributed by atoms with Gasteiger partial charge in [-0.2, -0.15) is 0 Å². The van der Waals surface area contributed by atoms with Crippen LogP contribution in [-0.4, -0.2) is 35.1 Å². The second kappa shape index (κ2) is 4.01. The fourth-order valence-corrected chi connectivity index (χ4v) is 0.877. The summed E-state index contributed by atoms with van der Waals surface area (Å²) in [6.07, 6.45) is 1.49. The summed E-state index contributed by atoms with van der Waals surface area (Å²) in [6, 6.07) is 0.392. The molecule has 0 amide bonds. The van der Waals surface area contributed by atoms with Gasteiger partial charge >= 0.3 is 5.97 Å². The maximum absolute atomic E-state index is 10.6. The molecule has 6 nitrogen and oxygen atoms in total. The number of hydrogen-bond acceptors (Lipinski definition) is 5. The zero-order valence-corrected chi connectivity index (χ0v) is 8.01. The lowest BCUT2D eigenvalue weighted by atomic mass is 10.2. The van der Waals surface area contributed by atoms with E-state index in [1.54, 1.807) is 19.0 Å². The third-order valence-electron chi connectivity index (χ3n) is 1.65. The third kappa shape index (κ3) is 2.17. The minimum Gasteiger partial charge on any atom is -0.480 e. The number of rotatable bonds is 3. The predicted octanol–water partition coefficient (Wildman–Crippen LogP) is -0.373. The van der Waals surface area contributed by atoms with Crippen molar-refractivity contribution in [1.82, 2.24) is 9.97 Å². The van der Waals surface area contributed by atoms with Gasteiger partial charge in [0.1, 0.15) is 6.04 Å². The summed E-state index contributed by atoms with van der Waals surface area (Å²) in [7, 11) is 3.54. The van der Waals surface area contributed by atoms with Crippen LogP contribution in [0.4, 0.5) is 5.95 Å². The third-order valence-corrected chi connectivity index (χ3v) is 1.65. The van der Waals surface area contributed by atoms with Gasteiger partial charge in [0.2, 0.25) is 5.95 Å². The summed E-state index contributed by atoms with van der Waals surface area (Å²) < 4.78 is 0. The lowest BCUT2D eigenvalue weighted by Crippen LogP contribution is -2.23. The molecule has 1 aromatic rings. The molecule has 3 N–H and O–H groups in total. The van der Waals surface area contributed by atoms with Crippen molar-refractivity contribution in [3.05, 3.63) is 18.0 Å². The molecular weight excluding hydrogens is 184 g/mol. The molecule has 0 fully saturated rings. The van der Waals surface area contributed by atoms with E-state index in [9.17, 15) is 4.79 Å². The van der Waals surface area contributed by atoms with Crippen molar-refractivity contribution in [1.29, 1.82) is 0 Å². The highest BCUT2D eigenvalue weighted by molar-refractivity contribution is 5.74. The van der Waals surface area contributed by atoms with Crippen molar-refractivity contribution in [3.8, 4) is 0 Å². The van der Waals surface area contributed by atoms with Gasteiger partial charge in [0.05, 0.1) is 5.69 Å². The monoisotopic (exact) mass is 196 g/mol. The molecule has 0 saturated heterocycles. The van der Waals surface area contributed by atoms with Crippen LogP contribution in [0.5, 0.6) is 0 Å². The molecule has 0 aliphatic rings. The van der Waals surface area contributed by atoms with Crippen LogP contribution in [-0.2, 0) is 4.79 Å². The van der Waals surface area contributed by atoms with E-state index in [0.717, 1.165) is 0 Å². The Morgan fingerprint density at radius 1 is 1.64 bits per heavy atom. The van der Waals surface area contributed by atoms with E-state index < -0.39 is 12.0 Å². The number of carboxylic acid groups (broad SMARTS) is 1. The van der Waals surface area contributed by atoms with Crippen LogP contribution in [0, 0.1) is 0 Å². The number of aromatic nitrogens is 2. The number of carbonyl (C=O) groups is 1. The van der Waals surface area contributed by atoms with E-state index >= 15 is 0 Å². The van der Waals surface area contributed by atoms with Gasteiger partial charge in [0.25, 0.3) is 0 Å². The van der Waals surface area contributed by atoms with Crippen LogP contribution in [0.2, 0.25) is 0 Å². The molecule has 6 heteroatoms. The Morgan fingerprint density at radius 3 is 2.79 bits per heavy atom. The largest absolute Gasteiger partial charge is 0.480 e. The van der Waals surface area contributed by atoms with Crippen molar-refractivity contribution < 1.29 is 9.90 Å². The molecule has 0 spiro atoms. The second-order valence-electron chi connectivity index (χ2n) is 2.99. The highest BCUT2D eigenvalue weighted by Crippen LogP contribution is 2.09. The Balaban J connectivity index is 2.99. The molecule has 0 saturated carbocycles. The van der Waals surface area contributed by atoms with Crippen molar-refractivity contribution in [2.75, 3.05) is 19.0 Å². The topological polar surface area (TPSA) is 92.3 Å². The van der Waals surface area contributed by atoms with Gasteiger partial charge in [-0.15, -0.1) is 0 Å². The molecule has 0 radical (unpaired) electrons. The van der Waals surface area contributed by atoms with E-state index in [1.165, 1.54) is 12.3 Å². The zero-order chi connectivity index (χ0) is 10.7. The zero-order valence-electron chi connectivity index (χ0n) is 8.01. The SMILES string of the molecule is CN(C)c1nccc(C(N)C(=O)O)n1. The number of carboxylic acids is 1. The average molecular weight is 196 g/mol. The van der Waals surface area contributed by atoms with Gasteiger partial charge in [-0.1, -0.05) is 0 Å². The molecule has 1 aromatic heterocycles. The molecular formula is C8H12N4O2. The molecule has 1 rings (SSSR count). The van der Waals surface area contributed by atoms with Crippen molar-refractivity contribution in [3.63, 3.8) is 0 Å². The summed E-state index contributed by atoms with van der Waals surface area (Å²) in [4.78, 5) is 20.2. The van der Waals surface area contributed by atoms with Crippen LogP contribution in [0.3, 0.4) is 0 Å². The standard InChI is InChI=1S/C8H12N4O2/c1-12(2)8-10-4-3-5(11-8)6(9)7(13)14/h3-4,6H,9H2,1-2H3,(H,13,14). The number of aliphatic carboxylic acids is 1. The molecule has 0 aliphatic carbocycles. The van der Waals surface area contributed by atoms with E-state index in [-0.39, 0.29) is 0 Å². The number of nitrogens with zero attached hydrogens (tertiary/aromatic N) is 3. The lowest BCUT2D eigenvalue weighted by Gasteiger charge is -2.12. The molecule has 1 heterocycles. The van der Waals surface area contributed by atoms with Crippen LogP contribution < -0.4 is 10.6 Å². The second-order valence-corrected chi connectivity index (χ2v) is 2.99. The maximum atomic E-state index is 10.6. The Labute approximate surface area is 81.4 Å². The minimum atomic E-state index is -1.10. The van der Waals surface area contributed by atoms with Gasteiger partial charge in [0, 0.05) is 20.3 Å². The highest BCUT2D eigenvalue weighted by Gasteiger charge is 2.16. The molecule has 0 aliphatic heterocycles. The fourth-order valence-electron chi connectivity index (χ4n) is 0.877. The number of nitrogens with two attached hydrogens (primary N) is 1. The molecule has 1 unspecified atom stereocenters. The van der Waals surface area contributed by atoms with Crippen molar-refractivity contribution in [2.24, 2.45) is 5.73 Å². The lowest BCUT2D eigenvalue weighted by molar-refractivity contribution is -0.138. The molecule has 0 bridgehead atoms. The first-order valence-electron chi connectivity index (χ1n) is 4.01. The first kappa shape index (κ1) is 10.4. The van der Waals surface area contributed by atoms with Crippen LogP contribution in [0.25, 0.3) is 0 Å². The average Bonchev–Trinajstić information content (AvgIpc) is 2.16. The molecule has 0 aromatic carbocycles. The maximum Gasteiger partial charge on any atom is 0.326 e. The van der Waals surface area contributed by atoms with Gasteiger partial charge in [0.15, 0.2) is 0 Å². The Bertz CT molecular complexity index is 340. The Hall–Kier alpha value is -1.69. The minimum absolute atomic E-state index is 0.302. The van der Waals surface area contributed by atoms with Crippen molar-refractivity contribution >= 4 is 11.9 Å². The summed E-state index contributed by atoms with van der Waals surface area (Å²) >= 11 is 0. The Morgan fingerprint density at radius 2 is 2.29 bits per heavy atom. The predicted molar refractivity (Wildman–Crippen MR) is 50.9 cm³/mol. The summed E-state index contributed by atoms with van der Waals surface area (Å²) in [5.41, 5.74) is 5.70.